The van der Waals surface area contributed by atoms with E-state index in [1.54, 1.807) is 6.07 Å². The van der Waals surface area contributed by atoms with Crippen LogP contribution in [0.1, 0.15) is 11.3 Å². The summed E-state index contributed by atoms with van der Waals surface area (Å²) in [6.45, 7) is -1.38. The highest BCUT2D eigenvalue weighted by Gasteiger charge is 2.16. The number of thiocarbonyl (C=S) groups is 1. The van der Waals surface area contributed by atoms with Gasteiger partial charge in [-0.15, -0.1) is 0 Å². The summed E-state index contributed by atoms with van der Waals surface area (Å²) >= 11 is 4.99. The lowest BCUT2D eigenvalue weighted by Gasteiger charge is -2.11. The van der Waals surface area contributed by atoms with E-state index in [1.165, 1.54) is 0 Å². The van der Waals surface area contributed by atoms with Crippen LogP contribution >= 0.6 is 12.2 Å². The molecule has 0 fully saturated rings. The first-order valence-electron chi connectivity index (χ1n) is 8.19. The van der Waals surface area contributed by atoms with Crippen LogP contribution in [-0.2, 0) is 13.2 Å². The molecule has 3 aromatic rings. The summed E-state index contributed by atoms with van der Waals surface area (Å²) in [4.78, 5) is 4.69. The molecule has 2 aromatic heterocycles. The zero-order valence-electron chi connectivity index (χ0n) is 14.0. The number of nitrogens with zero attached hydrogens (tertiary/aromatic N) is 2. The largest absolute Gasteiger partial charge is 0.392 e. The fourth-order valence-corrected chi connectivity index (χ4v) is 3.04. The van der Waals surface area contributed by atoms with Gasteiger partial charge in [0.25, 0.3) is 0 Å². The number of hydrogen-bond donors (Lipinski definition) is 2. The molecular formula is C19H19F2N3OS. The zero-order valence-corrected chi connectivity index (χ0v) is 14.8. The van der Waals surface area contributed by atoms with Gasteiger partial charge >= 0.3 is 0 Å². The SMILES string of the molecule is NC(=S)c1cccc(-c2cn(CC(CF)CF)c3cc(CO)ccc23)n1. The van der Waals surface area contributed by atoms with Gasteiger partial charge in [0.15, 0.2) is 0 Å². The highest BCUT2D eigenvalue weighted by molar-refractivity contribution is 7.80. The number of aromatic nitrogens is 2. The Bertz CT molecular complexity index is 938. The maximum absolute atomic E-state index is 13.0. The number of aliphatic hydroxyl groups excluding tert-OH is 1. The van der Waals surface area contributed by atoms with Crippen molar-refractivity contribution in [2.24, 2.45) is 11.7 Å². The molecule has 0 atom stereocenters. The first-order chi connectivity index (χ1) is 12.6. The summed E-state index contributed by atoms with van der Waals surface area (Å²) in [5.74, 6) is -0.716. The minimum atomic E-state index is -0.736. The number of fused-ring (bicyclic) bond motifs is 1. The van der Waals surface area contributed by atoms with Crippen LogP contribution in [0, 0.1) is 5.92 Å². The smallest absolute Gasteiger partial charge is 0.122 e. The molecule has 3 N–H and O–H groups in total. The zero-order chi connectivity index (χ0) is 18.7. The number of pyridine rings is 1. The molecule has 0 spiro atoms. The molecule has 0 amide bonds. The third-order valence-corrected chi connectivity index (χ3v) is 4.51. The van der Waals surface area contributed by atoms with Gasteiger partial charge in [0.1, 0.15) is 4.99 Å². The first-order valence-corrected chi connectivity index (χ1v) is 8.60. The Kier molecular flexibility index (Phi) is 5.58. The Morgan fingerprint density at radius 3 is 2.65 bits per heavy atom. The van der Waals surface area contributed by atoms with Crippen molar-refractivity contribution in [2.45, 2.75) is 13.2 Å². The molecule has 2 heterocycles. The fourth-order valence-electron chi connectivity index (χ4n) is 2.93. The van der Waals surface area contributed by atoms with Gasteiger partial charge in [-0.25, -0.2) is 4.98 Å². The van der Waals surface area contributed by atoms with Gasteiger partial charge in [0.05, 0.1) is 31.3 Å². The van der Waals surface area contributed by atoms with E-state index in [9.17, 15) is 13.9 Å². The van der Waals surface area contributed by atoms with E-state index in [4.69, 9.17) is 18.0 Å². The number of hydrogen-bond acceptors (Lipinski definition) is 3. The normalized spacial score (nSPS) is 11.4. The van der Waals surface area contributed by atoms with Crippen molar-refractivity contribution in [3.8, 4) is 11.3 Å². The van der Waals surface area contributed by atoms with Crippen molar-refractivity contribution >= 4 is 28.1 Å². The topological polar surface area (TPSA) is 64.1 Å². The minimum Gasteiger partial charge on any atom is -0.392 e. The summed E-state index contributed by atoms with van der Waals surface area (Å²) in [6.07, 6.45) is 1.83. The third kappa shape index (κ3) is 3.59. The van der Waals surface area contributed by atoms with Crippen molar-refractivity contribution < 1.29 is 13.9 Å². The number of nitrogens with two attached hydrogens (primary N) is 1. The second-order valence-corrected chi connectivity index (χ2v) is 6.59. The van der Waals surface area contributed by atoms with Crippen LogP contribution in [0.5, 0.6) is 0 Å². The van der Waals surface area contributed by atoms with Crippen LogP contribution < -0.4 is 5.73 Å². The number of rotatable bonds is 7. The second-order valence-electron chi connectivity index (χ2n) is 6.15. The average Bonchev–Trinajstić information content (AvgIpc) is 3.03. The number of alkyl halides is 2. The molecule has 0 aliphatic heterocycles. The molecule has 26 heavy (non-hydrogen) atoms. The standard InChI is InChI=1S/C19H19F2N3OS/c20-7-13(8-21)9-24-10-15(14-5-4-12(11-25)6-18(14)24)16-2-1-3-17(23-16)19(22)26/h1-6,10,13,25H,7-9,11H2,(H2,22,26). The third-order valence-electron chi connectivity index (χ3n) is 4.30. The number of halogens is 2. The summed E-state index contributed by atoms with van der Waals surface area (Å²) < 4.78 is 27.9. The minimum absolute atomic E-state index is 0.110. The van der Waals surface area contributed by atoms with Gasteiger partial charge in [-0.05, 0) is 23.8 Å². The molecule has 4 nitrogen and oxygen atoms in total. The predicted octanol–water partition coefficient (Wildman–Crippen LogP) is 3.39. The molecule has 3 rings (SSSR count). The van der Waals surface area contributed by atoms with Crippen LogP contribution in [0.2, 0.25) is 0 Å². The highest BCUT2D eigenvalue weighted by Crippen LogP contribution is 2.31. The second kappa shape index (κ2) is 7.88. The molecule has 0 saturated heterocycles. The highest BCUT2D eigenvalue weighted by atomic mass is 32.1. The molecule has 0 unspecified atom stereocenters. The maximum atomic E-state index is 13.0. The Hall–Kier alpha value is -2.38. The first kappa shape index (κ1) is 18.4. The predicted molar refractivity (Wildman–Crippen MR) is 102 cm³/mol. The fraction of sp³-hybridized carbons (Fsp3) is 0.263. The van der Waals surface area contributed by atoms with E-state index in [0.717, 1.165) is 22.0 Å². The van der Waals surface area contributed by atoms with Crippen LogP contribution in [0.15, 0.2) is 42.6 Å². The summed E-state index contributed by atoms with van der Waals surface area (Å²) in [7, 11) is 0. The summed E-state index contributed by atoms with van der Waals surface area (Å²) in [5.41, 5.74) is 9.19. The van der Waals surface area contributed by atoms with E-state index in [0.29, 0.717) is 11.4 Å². The summed E-state index contributed by atoms with van der Waals surface area (Å²) in [6, 6.07) is 10.9. The summed E-state index contributed by atoms with van der Waals surface area (Å²) in [5, 5.41) is 10.3. The van der Waals surface area contributed by atoms with E-state index < -0.39 is 19.3 Å². The van der Waals surface area contributed by atoms with Gasteiger partial charge in [-0.1, -0.05) is 30.4 Å². The molecular weight excluding hydrogens is 356 g/mol. The van der Waals surface area contributed by atoms with Crippen molar-refractivity contribution in [1.82, 2.24) is 9.55 Å². The average molecular weight is 375 g/mol. The molecule has 0 aliphatic carbocycles. The lowest BCUT2D eigenvalue weighted by atomic mass is 10.1. The Balaban J connectivity index is 2.16. The van der Waals surface area contributed by atoms with Crippen LogP contribution in [0.3, 0.4) is 0 Å². The maximum Gasteiger partial charge on any atom is 0.122 e. The van der Waals surface area contributed by atoms with Crippen LogP contribution in [0.25, 0.3) is 22.2 Å². The Labute approximate surface area is 155 Å². The van der Waals surface area contributed by atoms with E-state index in [-0.39, 0.29) is 18.1 Å². The molecule has 136 valence electrons. The van der Waals surface area contributed by atoms with Gasteiger partial charge in [-0.2, -0.15) is 0 Å². The number of benzene rings is 1. The number of aliphatic hydroxyl groups is 1. The van der Waals surface area contributed by atoms with Gasteiger partial charge in [0.2, 0.25) is 0 Å². The van der Waals surface area contributed by atoms with Gasteiger partial charge in [-0.3, -0.25) is 8.78 Å². The van der Waals surface area contributed by atoms with Crippen molar-refractivity contribution in [3.63, 3.8) is 0 Å². The van der Waals surface area contributed by atoms with Gasteiger partial charge in [0, 0.05) is 35.1 Å². The lowest BCUT2D eigenvalue weighted by Crippen LogP contribution is -2.14. The molecule has 0 saturated carbocycles. The quantitative estimate of drug-likeness (QED) is 0.622. The van der Waals surface area contributed by atoms with E-state index >= 15 is 0 Å². The van der Waals surface area contributed by atoms with Crippen LogP contribution in [0.4, 0.5) is 8.78 Å². The van der Waals surface area contributed by atoms with Crippen molar-refractivity contribution in [1.29, 1.82) is 0 Å². The lowest BCUT2D eigenvalue weighted by molar-refractivity contribution is 0.264. The molecule has 1 aromatic carbocycles. The van der Waals surface area contributed by atoms with Crippen molar-refractivity contribution in [3.05, 3.63) is 53.9 Å². The van der Waals surface area contributed by atoms with Crippen molar-refractivity contribution in [2.75, 3.05) is 13.3 Å². The monoisotopic (exact) mass is 375 g/mol. The van der Waals surface area contributed by atoms with E-state index in [2.05, 4.69) is 4.98 Å². The van der Waals surface area contributed by atoms with E-state index in [1.807, 2.05) is 41.1 Å². The molecule has 0 bridgehead atoms. The molecule has 7 heteroatoms. The van der Waals surface area contributed by atoms with Gasteiger partial charge < -0.3 is 15.4 Å². The Morgan fingerprint density at radius 1 is 1.23 bits per heavy atom. The molecule has 0 aliphatic rings. The molecule has 0 radical (unpaired) electrons. The van der Waals surface area contributed by atoms with Crippen LogP contribution in [-0.4, -0.2) is 33.0 Å². The Morgan fingerprint density at radius 2 is 2.00 bits per heavy atom.